The van der Waals surface area contributed by atoms with Crippen LogP contribution < -0.4 is 19.5 Å². The molecule has 10 heteroatoms. The zero-order valence-electron chi connectivity index (χ0n) is 15.6. The van der Waals surface area contributed by atoms with Gasteiger partial charge in [0.15, 0.2) is 11.5 Å². The van der Waals surface area contributed by atoms with Gasteiger partial charge in [0, 0.05) is 30.3 Å². The van der Waals surface area contributed by atoms with Gasteiger partial charge in [-0.05, 0) is 29.8 Å². The van der Waals surface area contributed by atoms with Gasteiger partial charge in [0.2, 0.25) is 5.91 Å². The van der Waals surface area contributed by atoms with E-state index in [0.29, 0.717) is 11.5 Å². The van der Waals surface area contributed by atoms with Crippen molar-refractivity contribution in [3.63, 3.8) is 0 Å². The number of ether oxygens (including phenoxy) is 3. The molecular formula is C19H18F2N2O6. The maximum Gasteiger partial charge on any atom is 0.387 e. The minimum Gasteiger partial charge on any atom is -0.493 e. The normalized spacial score (nSPS) is 10.8. The standard InChI is InChI=1S/C19H18F2N2O6/c1-27-16-6-3-12(9-17(16)28-2)11-22-18(24)8-4-13-10-14(23(25)26)5-7-15(13)29-19(20)21/h3-10,19H,11H2,1-2H3,(H,22,24)/b8-4+. The fourth-order valence-corrected chi connectivity index (χ4v) is 2.39. The van der Waals surface area contributed by atoms with Gasteiger partial charge >= 0.3 is 6.61 Å². The van der Waals surface area contributed by atoms with Crippen LogP contribution in [-0.4, -0.2) is 31.7 Å². The molecule has 0 heterocycles. The number of nitro benzene ring substituents is 1. The van der Waals surface area contributed by atoms with Crippen molar-refractivity contribution in [3.05, 3.63) is 63.7 Å². The Balaban J connectivity index is 2.10. The van der Waals surface area contributed by atoms with E-state index in [9.17, 15) is 23.7 Å². The molecule has 0 spiro atoms. The maximum absolute atomic E-state index is 12.5. The number of hydrogen-bond donors (Lipinski definition) is 1. The topological polar surface area (TPSA) is 99.9 Å². The average Bonchev–Trinajstić information content (AvgIpc) is 2.70. The Morgan fingerprint density at radius 3 is 2.45 bits per heavy atom. The summed E-state index contributed by atoms with van der Waals surface area (Å²) >= 11 is 0. The van der Waals surface area contributed by atoms with Crippen molar-refractivity contribution >= 4 is 17.7 Å². The number of non-ortho nitro benzene ring substituents is 1. The number of halogens is 2. The highest BCUT2D eigenvalue weighted by molar-refractivity contribution is 5.92. The zero-order valence-corrected chi connectivity index (χ0v) is 15.6. The quantitative estimate of drug-likeness (QED) is 0.387. The molecule has 0 atom stereocenters. The first-order chi connectivity index (χ1) is 13.8. The van der Waals surface area contributed by atoms with Crippen LogP contribution in [0.3, 0.4) is 0 Å². The summed E-state index contributed by atoms with van der Waals surface area (Å²) in [6.45, 7) is -2.94. The van der Waals surface area contributed by atoms with Crippen LogP contribution in [0.4, 0.5) is 14.5 Å². The number of nitrogens with zero attached hydrogens (tertiary/aromatic N) is 1. The number of rotatable bonds is 9. The van der Waals surface area contributed by atoms with Crippen molar-refractivity contribution in [2.45, 2.75) is 13.2 Å². The SMILES string of the molecule is COc1ccc(CNC(=O)/C=C/c2cc([N+](=O)[O-])ccc2OC(F)F)cc1OC. The molecule has 1 amide bonds. The average molecular weight is 408 g/mol. The molecule has 0 saturated carbocycles. The van der Waals surface area contributed by atoms with Gasteiger partial charge in [-0.15, -0.1) is 0 Å². The first kappa shape index (κ1) is 21.6. The molecule has 0 aliphatic carbocycles. The van der Waals surface area contributed by atoms with Gasteiger partial charge in [0.05, 0.1) is 19.1 Å². The highest BCUT2D eigenvalue weighted by Gasteiger charge is 2.13. The van der Waals surface area contributed by atoms with Gasteiger partial charge in [0.1, 0.15) is 5.75 Å². The fraction of sp³-hybridized carbons (Fsp3) is 0.211. The van der Waals surface area contributed by atoms with Gasteiger partial charge in [-0.25, -0.2) is 0 Å². The Bertz CT molecular complexity index is 918. The van der Waals surface area contributed by atoms with Crippen LogP contribution in [0, 0.1) is 10.1 Å². The molecule has 1 N–H and O–H groups in total. The van der Waals surface area contributed by atoms with Crippen LogP contribution in [0.1, 0.15) is 11.1 Å². The van der Waals surface area contributed by atoms with Crippen molar-refractivity contribution in [2.75, 3.05) is 14.2 Å². The van der Waals surface area contributed by atoms with Crippen LogP contribution >= 0.6 is 0 Å². The largest absolute Gasteiger partial charge is 0.493 e. The highest BCUT2D eigenvalue weighted by atomic mass is 19.3. The number of methoxy groups -OCH3 is 2. The van der Waals surface area contributed by atoms with Crippen molar-refractivity contribution in [1.82, 2.24) is 5.32 Å². The summed E-state index contributed by atoms with van der Waals surface area (Å²) in [5.74, 6) is 0.226. The predicted molar refractivity (Wildman–Crippen MR) is 100 cm³/mol. The lowest BCUT2D eigenvalue weighted by molar-refractivity contribution is -0.384. The third kappa shape index (κ3) is 6.16. The number of alkyl halides is 2. The number of nitrogens with one attached hydrogen (secondary N) is 1. The number of hydrogen-bond acceptors (Lipinski definition) is 6. The second-order valence-electron chi connectivity index (χ2n) is 5.60. The lowest BCUT2D eigenvalue weighted by atomic mass is 10.1. The number of carbonyl (C=O) groups excluding carboxylic acids is 1. The summed E-state index contributed by atoms with van der Waals surface area (Å²) in [6, 6.07) is 8.24. The molecule has 2 aromatic carbocycles. The minimum atomic E-state index is -3.11. The number of carbonyl (C=O) groups is 1. The molecule has 0 aromatic heterocycles. The molecule has 0 bridgehead atoms. The second kappa shape index (κ2) is 10.0. The lowest BCUT2D eigenvalue weighted by Gasteiger charge is -2.10. The van der Waals surface area contributed by atoms with E-state index in [0.717, 1.165) is 35.9 Å². The lowest BCUT2D eigenvalue weighted by Crippen LogP contribution is -2.20. The Hall–Kier alpha value is -3.69. The second-order valence-corrected chi connectivity index (χ2v) is 5.60. The molecule has 0 saturated heterocycles. The van der Waals surface area contributed by atoms with Crippen molar-refractivity contribution in [3.8, 4) is 17.2 Å². The van der Waals surface area contributed by atoms with E-state index in [1.165, 1.54) is 14.2 Å². The summed E-state index contributed by atoms with van der Waals surface area (Å²) in [5, 5.41) is 13.5. The molecule has 0 aliphatic rings. The van der Waals surface area contributed by atoms with Crippen molar-refractivity contribution in [2.24, 2.45) is 0 Å². The summed E-state index contributed by atoms with van der Waals surface area (Å²) in [5.41, 5.74) is 0.388. The van der Waals surface area contributed by atoms with E-state index in [-0.39, 0.29) is 23.5 Å². The van der Waals surface area contributed by atoms with Gasteiger partial charge in [0.25, 0.3) is 5.69 Å². The molecule has 2 rings (SSSR count). The number of benzene rings is 2. The summed E-state index contributed by atoms with van der Waals surface area (Å²) in [7, 11) is 2.99. The molecule has 154 valence electrons. The van der Waals surface area contributed by atoms with Gasteiger partial charge in [-0.2, -0.15) is 8.78 Å². The van der Waals surface area contributed by atoms with E-state index in [1.807, 2.05) is 0 Å². The van der Waals surface area contributed by atoms with Crippen LogP contribution in [0.25, 0.3) is 6.08 Å². The Labute approximate surface area is 164 Å². The summed E-state index contributed by atoms with van der Waals surface area (Å²) in [4.78, 5) is 22.2. The Morgan fingerprint density at radius 2 is 1.83 bits per heavy atom. The molecule has 0 aliphatic heterocycles. The smallest absolute Gasteiger partial charge is 0.387 e. The Morgan fingerprint density at radius 1 is 1.14 bits per heavy atom. The van der Waals surface area contributed by atoms with Crippen LogP contribution in [-0.2, 0) is 11.3 Å². The predicted octanol–water partition coefficient (Wildman–Crippen LogP) is 3.54. The van der Waals surface area contributed by atoms with Crippen LogP contribution in [0.15, 0.2) is 42.5 Å². The molecule has 29 heavy (non-hydrogen) atoms. The maximum atomic E-state index is 12.5. The molecule has 0 fully saturated rings. The molecule has 8 nitrogen and oxygen atoms in total. The summed E-state index contributed by atoms with van der Waals surface area (Å²) in [6.07, 6.45) is 2.23. The highest BCUT2D eigenvalue weighted by Crippen LogP contribution is 2.28. The van der Waals surface area contributed by atoms with Crippen molar-refractivity contribution in [1.29, 1.82) is 0 Å². The third-order valence-corrected chi connectivity index (χ3v) is 3.75. The molecule has 0 radical (unpaired) electrons. The van der Waals surface area contributed by atoms with E-state index in [4.69, 9.17) is 9.47 Å². The van der Waals surface area contributed by atoms with Crippen molar-refractivity contribution < 1.29 is 32.7 Å². The minimum absolute atomic E-state index is 0.0271. The van der Waals surface area contributed by atoms with E-state index < -0.39 is 17.4 Å². The van der Waals surface area contributed by atoms with Crippen LogP contribution in [0.2, 0.25) is 0 Å². The zero-order chi connectivity index (χ0) is 21.4. The monoisotopic (exact) mass is 408 g/mol. The first-order valence-electron chi connectivity index (χ1n) is 8.24. The van der Waals surface area contributed by atoms with Crippen LogP contribution in [0.5, 0.6) is 17.2 Å². The van der Waals surface area contributed by atoms with Gasteiger partial charge in [-0.1, -0.05) is 6.07 Å². The third-order valence-electron chi connectivity index (χ3n) is 3.75. The Kier molecular flexibility index (Phi) is 7.47. The van der Waals surface area contributed by atoms with E-state index in [1.54, 1.807) is 18.2 Å². The van der Waals surface area contributed by atoms with Gasteiger partial charge in [-0.3, -0.25) is 14.9 Å². The number of amides is 1. The number of nitro groups is 1. The first-order valence-corrected chi connectivity index (χ1v) is 8.24. The molecule has 2 aromatic rings. The fourth-order valence-electron chi connectivity index (χ4n) is 2.39. The molecule has 0 unspecified atom stereocenters. The molecular weight excluding hydrogens is 390 g/mol. The van der Waals surface area contributed by atoms with E-state index >= 15 is 0 Å². The summed E-state index contributed by atoms with van der Waals surface area (Å²) < 4.78 is 39.6. The van der Waals surface area contributed by atoms with Gasteiger partial charge < -0.3 is 19.5 Å². The van der Waals surface area contributed by atoms with E-state index in [2.05, 4.69) is 10.1 Å².